The Hall–Kier alpha value is -3.67. The molecule has 0 unspecified atom stereocenters. The predicted octanol–water partition coefficient (Wildman–Crippen LogP) is 3.85. The molecule has 2 aromatic heterocycles. The average Bonchev–Trinajstić information content (AvgIpc) is 3.71. The van der Waals surface area contributed by atoms with E-state index in [-0.39, 0.29) is 35.6 Å². The van der Waals surface area contributed by atoms with Gasteiger partial charge in [0.1, 0.15) is 5.69 Å². The second-order valence-electron chi connectivity index (χ2n) is 11.0. The lowest BCUT2D eigenvalue weighted by atomic mass is 10.1. The van der Waals surface area contributed by atoms with Gasteiger partial charge in [0.05, 0.1) is 29.8 Å². The van der Waals surface area contributed by atoms with Crippen LogP contribution in [0.5, 0.6) is 5.75 Å². The Kier molecular flexibility index (Phi) is 7.13. The van der Waals surface area contributed by atoms with Crippen LogP contribution in [0.3, 0.4) is 0 Å². The number of nitrogen functional groups attached to an aromatic ring is 1. The number of piperazine rings is 1. The molecule has 2 aromatic carbocycles. The quantitative estimate of drug-likeness (QED) is 0.305. The fraction of sp³-hybridized carbons (Fsp3) is 0.345. The molecule has 4 aromatic rings. The number of rotatable bonds is 8. The van der Waals surface area contributed by atoms with Gasteiger partial charge in [0.2, 0.25) is 15.8 Å². The summed E-state index contributed by atoms with van der Waals surface area (Å²) in [5, 5.41) is 5.64. The Bertz CT molecular complexity index is 1780. The maximum atomic E-state index is 13.6. The van der Waals surface area contributed by atoms with Crippen molar-refractivity contribution in [2.24, 2.45) is 5.41 Å². The standard InChI is InChI=1S/C29H31ClN6O4S/c1-29(9-10-29)19-40-27-25(17-33-36(28(27)37)22-5-2-4-21(30)16-22)34-12-14-35(15-13-34)41(38,39)18-20-7-8-24-23(26(20)31)6-3-11-32-24/h2-8,11,16-17H,9-10,12-15,18-19,31H2,1H3. The van der Waals surface area contributed by atoms with Gasteiger partial charge in [0.15, 0.2) is 0 Å². The summed E-state index contributed by atoms with van der Waals surface area (Å²) in [5.74, 6) is 0.00959. The zero-order chi connectivity index (χ0) is 28.8. The topological polar surface area (TPSA) is 124 Å². The van der Waals surface area contributed by atoms with Gasteiger partial charge < -0.3 is 15.4 Å². The highest BCUT2D eigenvalue weighted by Crippen LogP contribution is 2.45. The third-order valence-electron chi connectivity index (χ3n) is 7.86. The molecule has 2 fully saturated rings. The summed E-state index contributed by atoms with van der Waals surface area (Å²) < 4.78 is 35.7. The molecule has 1 aliphatic carbocycles. The van der Waals surface area contributed by atoms with Crippen molar-refractivity contribution in [1.82, 2.24) is 19.1 Å². The van der Waals surface area contributed by atoms with Gasteiger partial charge in [-0.1, -0.05) is 30.7 Å². The van der Waals surface area contributed by atoms with Gasteiger partial charge >= 0.3 is 5.56 Å². The van der Waals surface area contributed by atoms with Crippen LogP contribution >= 0.6 is 11.6 Å². The number of ether oxygens (including phenoxy) is 1. The molecule has 10 nitrogen and oxygen atoms in total. The average molecular weight is 595 g/mol. The maximum Gasteiger partial charge on any atom is 0.316 e. The Balaban J connectivity index is 1.22. The number of anilines is 2. The van der Waals surface area contributed by atoms with Crippen LogP contribution in [0, 0.1) is 5.41 Å². The molecule has 0 spiro atoms. The number of nitrogens with zero attached hydrogens (tertiary/aromatic N) is 5. The first-order valence-corrected chi connectivity index (χ1v) is 15.5. The van der Waals surface area contributed by atoms with E-state index < -0.39 is 10.0 Å². The summed E-state index contributed by atoms with van der Waals surface area (Å²) in [6, 6.07) is 14.0. The summed E-state index contributed by atoms with van der Waals surface area (Å²) >= 11 is 6.16. The summed E-state index contributed by atoms with van der Waals surface area (Å²) in [6.45, 7) is 3.83. The molecule has 12 heteroatoms. The van der Waals surface area contributed by atoms with Crippen LogP contribution < -0.4 is 20.9 Å². The number of fused-ring (bicyclic) bond motifs is 1. The molecule has 214 valence electrons. The van der Waals surface area contributed by atoms with Crippen LogP contribution in [-0.4, -0.2) is 60.3 Å². The number of sulfonamides is 1. The summed E-state index contributed by atoms with van der Waals surface area (Å²) in [7, 11) is -3.64. The Morgan fingerprint density at radius 2 is 1.85 bits per heavy atom. The van der Waals surface area contributed by atoms with E-state index in [0.717, 1.165) is 23.7 Å². The van der Waals surface area contributed by atoms with E-state index in [9.17, 15) is 13.2 Å². The SMILES string of the molecule is CC1(COc2c(N3CCN(S(=O)(=O)Cc4ccc5ncccc5c4N)CC3)cnn(-c3cccc(Cl)c3)c2=O)CC1. The van der Waals surface area contributed by atoms with Crippen molar-refractivity contribution in [3.63, 3.8) is 0 Å². The van der Waals surface area contributed by atoms with Crippen LogP contribution in [0.4, 0.5) is 11.4 Å². The first kappa shape index (κ1) is 27.5. The molecular weight excluding hydrogens is 564 g/mol. The van der Waals surface area contributed by atoms with Gasteiger partial charge in [-0.3, -0.25) is 9.78 Å². The van der Waals surface area contributed by atoms with Crippen molar-refractivity contribution < 1.29 is 13.2 Å². The lowest BCUT2D eigenvalue weighted by Crippen LogP contribution is -2.49. The Morgan fingerprint density at radius 1 is 1.07 bits per heavy atom. The third-order valence-corrected chi connectivity index (χ3v) is 9.93. The molecule has 1 saturated heterocycles. The first-order valence-electron chi connectivity index (χ1n) is 13.5. The maximum absolute atomic E-state index is 13.6. The van der Waals surface area contributed by atoms with E-state index in [1.54, 1.807) is 54.9 Å². The smallest absolute Gasteiger partial charge is 0.316 e. The molecule has 0 bridgehead atoms. The highest BCUT2D eigenvalue weighted by atomic mass is 35.5. The van der Waals surface area contributed by atoms with E-state index in [1.165, 1.54) is 8.99 Å². The van der Waals surface area contributed by atoms with Crippen LogP contribution in [0.15, 0.2) is 65.7 Å². The molecular formula is C29H31ClN6O4S. The van der Waals surface area contributed by atoms with E-state index in [4.69, 9.17) is 22.1 Å². The summed E-state index contributed by atoms with van der Waals surface area (Å²) in [4.78, 5) is 19.9. The number of benzene rings is 2. The van der Waals surface area contributed by atoms with Crippen molar-refractivity contribution in [1.29, 1.82) is 0 Å². The molecule has 6 rings (SSSR count). The zero-order valence-electron chi connectivity index (χ0n) is 22.7. The highest BCUT2D eigenvalue weighted by molar-refractivity contribution is 7.88. The van der Waals surface area contributed by atoms with Crippen LogP contribution in [0.2, 0.25) is 5.02 Å². The molecule has 2 N–H and O–H groups in total. The second-order valence-corrected chi connectivity index (χ2v) is 13.4. The van der Waals surface area contributed by atoms with E-state index in [2.05, 4.69) is 17.0 Å². The van der Waals surface area contributed by atoms with Gasteiger partial charge in [-0.2, -0.15) is 14.1 Å². The molecule has 3 heterocycles. The van der Waals surface area contributed by atoms with Gasteiger partial charge in [-0.25, -0.2) is 8.42 Å². The second kappa shape index (κ2) is 10.6. The third kappa shape index (κ3) is 5.61. The number of pyridine rings is 1. The number of hydrogen-bond donors (Lipinski definition) is 1. The normalized spacial score (nSPS) is 17.1. The monoisotopic (exact) mass is 594 g/mol. The van der Waals surface area contributed by atoms with E-state index in [0.29, 0.717) is 47.3 Å². The number of hydrogen-bond acceptors (Lipinski definition) is 8. The highest BCUT2D eigenvalue weighted by Gasteiger charge is 2.39. The largest absolute Gasteiger partial charge is 0.486 e. The minimum atomic E-state index is -3.64. The Labute approximate surface area is 243 Å². The van der Waals surface area contributed by atoms with Crippen LogP contribution in [-0.2, 0) is 15.8 Å². The van der Waals surface area contributed by atoms with Crippen LogP contribution in [0.1, 0.15) is 25.3 Å². The molecule has 0 amide bonds. The molecule has 1 saturated carbocycles. The van der Waals surface area contributed by atoms with Crippen LogP contribution in [0.25, 0.3) is 16.6 Å². The van der Waals surface area contributed by atoms with Gasteiger partial charge in [0, 0.05) is 53.9 Å². The number of halogens is 1. The fourth-order valence-electron chi connectivity index (χ4n) is 5.03. The molecule has 0 atom stereocenters. The molecule has 0 radical (unpaired) electrons. The number of aromatic nitrogens is 3. The van der Waals surface area contributed by atoms with Gasteiger partial charge in [-0.15, -0.1) is 0 Å². The van der Waals surface area contributed by atoms with E-state index >= 15 is 0 Å². The van der Waals surface area contributed by atoms with Gasteiger partial charge in [0.25, 0.3) is 0 Å². The summed E-state index contributed by atoms with van der Waals surface area (Å²) in [5.41, 5.74) is 8.78. The van der Waals surface area contributed by atoms with E-state index in [1.807, 2.05) is 11.0 Å². The lowest BCUT2D eigenvalue weighted by molar-refractivity contribution is 0.242. The van der Waals surface area contributed by atoms with Crippen molar-refractivity contribution >= 4 is 43.9 Å². The molecule has 1 aliphatic heterocycles. The molecule has 2 aliphatic rings. The number of nitrogens with two attached hydrogens (primary N) is 1. The van der Waals surface area contributed by atoms with Crippen molar-refractivity contribution in [2.75, 3.05) is 43.4 Å². The first-order chi connectivity index (χ1) is 19.6. The zero-order valence-corrected chi connectivity index (χ0v) is 24.2. The summed E-state index contributed by atoms with van der Waals surface area (Å²) in [6.07, 6.45) is 5.38. The minimum Gasteiger partial charge on any atom is -0.486 e. The van der Waals surface area contributed by atoms with Crippen molar-refractivity contribution in [3.8, 4) is 11.4 Å². The minimum absolute atomic E-state index is 0.0569. The fourth-order valence-corrected chi connectivity index (χ4v) is 6.76. The Morgan fingerprint density at radius 3 is 2.59 bits per heavy atom. The lowest BCUT2D eigenvalue weighted by Gasteiger charge is -2.36. The van der Waals surface area contributed by atoms with Crippen molar-refractivity contribution in [2.45, 2.75) is 25.5 Å². The molecule has 41 heavy (non-hydrogen) atoms. The van der Waals surface area contributed by atoms with Gasteiger partial charge in [-0.05, 0) is 54.8 Å². The van der Waals surface area contributed by atoms with Crippen molar-refractivity contribution in [3.05, 3.63) is 81.9 Å². The predicted molar refractivity (Wildman–Crippen MR) is 160 cm³/mol.